The van der Waals surface area contributed by atoms with Crippen molar-refractivity contribution in [2.24, 2.45) is 0 Å². The molecule has 0 unspecified atom stereocenters. The number of hydrogen-bond acceptors (Lipinski definition) is 5. The second-order valence-electron chi connectivity index (χ2n) is 5.77. The van der Waals surface area contributed by atoms with Gasteiger partial charge in [0.2, 0.25) is 0 Å². The van der Waals surface area contributed by atoms with Crippen molar-refractivity contribution in [3.05, 3.63) is 58.1 Å². The molecule has 0 atom stereocenters. The van der Waals surface area contributed by atoms with Crippen molar-refractivity contribution in [3.8, 4) is 11.5 Å². The predicted molar refractivity (Wildman–Crippen MR) is 107 cm³/mol. The Morgan fingerprint density at radius 2 is 1.82 bits per heavy atom. The second-order valence-corrected chi connectivity index (χ2v) is 6.69. The molecule has 3 rings (SSSR count). The number of urea groups is 1. The number of imide groups is 2. The van der Waals surface area contributed by atoms with Crippen molar-refractivity contribution in [2.75, 3.05) is 18.6 Å². The molecule has 0 saturated carbocycles. The minimum absolute atomic E-state index is 0.173. The lowest BCUT2D eigenvalue weighted by molar-refractivity contribution is -0.122. The summed E-state index contributed by atoms with van der Waals surface area (Å²) in [6, 6.07) is 10.9. The number of anilines is 1. The minimum atomic E-state index is -0.797. The molecule has 2 aromatic carbocycles. The molecular formula is C20H17BrN2O5. The fraction of sp³-hybridized carbons (Fsp3) is 0.150. The fourth-order valence-electron chi connectivity index (χ4n) is 2.68. The predicted octanol–water partition coefficient (Wildman–Crippen LogP) is 3.52. The molecule has 0 bridgehead atoms. The fourth-order valence-corrected chi connectivity index (χ4v) is 2.94. The Hall–Kier alpha value is -3.13. The first-order valence-corrected chi connectivity index (χ1v) is 9.21. The number of methoxy groups -OCH3 is 1. The Labute approximate surface area is 170 Å². The number of carbonyl (C=O) groups excluding carboxylic acids is 3. The topological polar surface area (TPSA) is 84.9 Å². The number of nitrogens with zero attached hydrogens (tertiary/aromatic N) is 1. The van der Waals surface area contributed by atoms with Crippen molar-refractivity contribution < 1.29 is 23.9 Å². The van der Waals surface area contributed by atoms with Gasteiger partial charge in [-0.3, -0.25) is 14.9 Å². The number of amides is 4. The van der Waals surface area contributed by atoms with E-state index in [1.165, 1.54) is 13.2 Å². The molecule has 1 aliphatic rings. The standard InChI is InChI=1S/C20H17BrN2O5/c1-3-28-17-11-15(27-2)9-4-12(17)10-16-18(24)22-20(26)23(19(16)25)14-7-5-13(21)6-8-14/h4-11H,3H2,1-2H3,(H,22,24,26)/b16-10+. The van der Waals surface area contributed by atoms with Crippen molar-refractivity contribution >= 4 is 45.5 Å². The number of halogens is 1. The van der Waals surface area contributed by atoms with Gasteiger partial charge in [0.15, 0.2) is 0 Å². The van der Waals surface area contributed by atoms with Gasteiger partial charge >= 0.3 is 6.03 Å². The van der Waals surface area contributed by atoms with Crippen molar-refractivity contribution in [1.82, 2.24) is 5.32 Å². The molecule has 1 saturated heterocycles. The molecule has 144 valence electrons. The number of nitrogens with one attached hydrogen (secondary N) is 1. The highest BCUT2D eigenvalue weighted by molar-refractivity contribution is 9.10. The van der Waals surface area contributed by atoms with E-state index >= 15 is 0 Å². The van der Waals surface area contributed by atoms with Gasteiger partial charge in [-0.1, -0.05) is 15.9 Å². The van der Waals surface area contributed by atoms with E-state index in [4.69, 9.17) is 9.47 Å². The van der Waals surface area contributed by atoms with Crippen molar-refractivity contribution in [2.45, 2.75) is 6.92 Å². The Balaban J connectivity index is 2.03. The maximum atomic E-state index is 12.9. The smallest absolute Gasteiger partial charge is 0.335 e. The van der Waals surface area contributed by atoms with E-state index < -0.39 is 17.8 Å². The lowest BCUT2D eigenvalue weighted by atomic mass is 10.1. The van der Waals surface area contributed by atoms with E-state index in [1.54, 1.807) is 42.5 Å². The van der Waals surface area contributed by atoms with Crippen LogP contribution in [-0.2, 0) is 9.59 Å². The highest BCUT2D eigenvalue weighted by atomic mass is 79.9. The summed E-state index contributed by atoms with van der Waals surface area (Å²) in [5.41, 5.74) is 0.698. The molecule has 2 aromatic rings. The molecule has 0 aliphatic carbocycles. The minimum Gasteiger partial charge on any atom is -0.497 e. The molecule has 1 N–H and O–H groups in total. The first-order chi connectivity index (χ1) is 13.4. The molecule has 7 nitrogen and oxygen atoms in total. The van der Waals surface area contributed by atoms with Crippen LogP contribution >= 0.6 is 15.9 Å². The summed E-state index contributed by atoms with van der Waals surface area (Å²) in [6.07, 6.45) is 1.40. The van der Waals surface area contributed by atoms with Crippen molar-refractivity contribution in [1.29, 1.82) is 0 Å². The van der Waals surface area contributed by atoms with Crippen LogP contribution in [0.4, 0.5) is 10.5 Å². The van der Waals surface area contributed by atoms with Crippen molar-refractivity contribution in [3.63, 3.8) is 0 Å². The van der Waals surface area contributed by atoms with E-state index in [0.29, 0.717) is 29.4 Å². The molecule has 4 amide bonds. The highest BCUT2D eigenvalue weighted by Gasteiger charge is 2.36. The normalized spacial score (nSPS) is 15.6. The van der Waals surface area contributed by atoms with Gasteiger partial charge < -0.3 is 9.47 Å². The summed E-state index contributed by atoms with van der Waals surface area (Å²) in [4.78, 5) is 38.4. The number of benzene rings is 2. The average molecular weight is 445 g/mol. The van der Waals surface area contributed by atoms with E-state index in [-0.39, 0.29) is 5.57 Å². The SMILES string of the molecule is CCOc1cc(OC)ccc1/C=C1\C(=O)NC(=O)N(c2ccc(Br)cc2)C1=O. The van der Waals surface area contributed by atoms with Gasteiger partial charge in [0.1, 0.15) is 17.1 Å². The first kappa shape index (κ1) is 19.6. The summed E-state index contributed by atoms with van der Waals surface area (Å²) >= 11 is 3.31. The van der Waals surface area contributed by atoms with E-state index in [9.17, 15) is 14.4 Å². The van der Waals surface area contributed by atoms with Crippen LogP contribution in [0.3, 0.4) is 0 Å². The average Bonchev–Trinajstić information content (AvgIpc) is 2.67. The number of hydrogen-bond donors (Lipinski definition) is 1. The first-order valence-electron chi connectivity index (χ1n) is 8.42. The largest absolute Gasteiger partial charge is 0.497 e. The van der Waals surface area contributed by atoms with Crippen LogP contribution in [0.2, 0.25) is 0 Å². The van der Waals surface area contributed by atoms with E-state index in [2.05, 4.69) is 21.2 Å². The molecule has 8 heteroatoms. The molecule has 28 heavy (non-hydrogen) atoms. The van der Waals surface area contributed by atoms with Gasteiger partial charge in [-0.2, -0.15) is 0 Å². The van der Waals surface area contributed by atoms with Crippen LogP contribution in [0, 0.1) is 0 Å². The molecule has 0 spiro atoms. The molecule has 1 aliphatic heterocycles. The summed E-state index contributed by atoms with van der Waals surface area (Å²) in [5, 5.41) is 2.20. The Bertz CT molecular complexity index is 969. The van der Waals surface area contributed by atoms with Crippen LogP contribution < -0.4 is 19.7 Å². The van der Waals surface area contributed by atoms with Gasteiger partial charge in [-0.25, -0.2) is 9.69 Å². The third-order valence-electron chi connectivity index (χ3n) is 4.01. The molecule has 1 heterocycles. The third kappa shape index (κ3) is 3.91. The second kappa shape index (κ2) is 8.26. The maximum Gasteiger partial charge on any atom is 0.335 e. The van der Waals surface area contributed by atoms with Crippen LogP contribution in [0.5, 0.6) is 11.5 Å². The zero-order valence-corrected chi connectivity index (χ0v) is 16.8. The summed E-state index contributed by atoms with van der Waals surface area (Å²) < 4.78 is 11.6. The van der Waals surface area contributed by atoms with Crippen LogP contribution in [0.1, 0.15) is 12.5 Å². The van der Waals surface area contributed by atoms with Crippen LogP contribution in [-0.4, -0.2) is 31.6 Å². The van der Waals surface area contributed by atoms with Gasteiger partial charge in [-0.05, 0) is 49.4 Å². The number of barbiturate groups is 1. The maximum absolute atomic E-state index is 12.9. The lowest BCUT2D eigenvalue weighted by Gasteiger charge is -2.26. The van der Waals surface area contributed by atoms with Crippen LogP contribution in [0.25, 0.3) is 6.08 Å². The van der Waals surface area contributed by atoms with E-state index in [1.807, 2.05) is 6.92 Å². The third-order valence-corrected chi connectivity index (χ3v) is 4.54. The van der Waals surface area contributed by atoms with Gasteiger partial charge in [0.05, 0.1) is 19.4 Å². The lowest BCUT2D eigenvalue weighted by Crippen LogP contribution is -2.54. The Morgan fingerprint density at radius 3 is 2.46 bits per heavy atom. The molecule has 1 fully saturated rings. The number of ether oxygens (including phenoxy) is 2. The van der Waals surface area contributed by atoms with Gasteiger partial charge in [0.25, 0.3) is 11.8 Å². The Morgan fingerprint density at radius 1 is 1.11 bits per heavy atom. The van der Waals surface area contributed by atoms with Gasteiger partial charge in [-0.15, -0.1) is 0 Å². The zero-order valence-electron chi connectivity index (χ0n) is 15.2. The van der Waals surface area contributed by atoms with Crippen LogP contribution in [0.15, 0.2) is 52.5 Å². The van der Waals surface area contributed by atoms with Gasteiger partial charge in [0, 0.05) is 16.1 Å². The van der Waals surface area contributed by atoms with E-state index in [0.717, 1.165) is 9.37 Å². The Kier molecular flexibility index (Phi) is 5.79. The zero-order chi connectivity index (χ0) is 20.3. The molecular weight excluding hydrogens is 428 g/mol. The highest BCUT2D eigenvalue weighted by Crippen LogP contribution is 2.29. The molecule has 0 aromatic heterocycles. The summed E-state index contributed by atoms with van der Waals surface area (Å²) in [5.74, 6) is -0.435. The summed E-state index contributed by atoms with van der Waals surface area (Å²) in [6.45, 7) is 2.22. The number of rotatable bonds is 5. The quantitative estimate of drug-likeness (QED) is 0.563. The summed E-state index contributed by atoms with van der Waals surface area (Å²) in [7, 11) is 1.53. The molecule has 0 radical (unpaired) electrons. The monoisotopic (exact) mass is 444 g/mol. The number of carbonyl (C=O) groups is 3.